The highest BCUT2D eigenvalue weighted by atomic mass is 16.5. The van der Waals surface area contributed by atoms with Crippen molar-refractivity contribution in [1.29, 1.82) is 0 Å². The molecule has 4 heterocycles. The number of fused-ring (bicyclic) bond motifs is 1. The molecule has 0 radical (unpaired) electrons. The summed E-state index contributed by atoms with van der Waals surface area (Å²) < 4.78 is 5.45. The van der Waals surface area contributed by atoms with Crippen molar-refractivity contribution < 1.29 is 14.6 Å². The van der Waals surface area contributed by atoms with Crippen molar-refractivity contribution in [3.05, 3.63) is 30.1 Å². The number of ether oxygens (including phenoxy) is 1. The van der Waals surface area contributed by atoms with Crippen LogP contribution in [-0.4, -0.2) is 71.3 Å². The highest BCUT2D eigenvalue weighted by molar-refractivity contribution is 5.77. The first-order valence-corrected chi connectivity index (χ1v) is 8.84. The highest BCUT2D eigenvalue weighted by Crippen LogP contribution is 2.44. The molecule has 6 nitrogen and oxygen atoms in total. The van der Waals surface area contributed by atoms with Crippen molar-refractivity contribution in [2.24, 2.45) is 11.3 Å². The molecular formula is C18H25N3O3. The minimum Gasteiger partial charge on any atom is -0.481 e. The van der Waals surface area contributed by atoms with Gasteiger partial charge in [-0.25, -0.2) is 0 Å². The van der Waals surface area contributed by atoms with E-state index in [1.807, 2.05) is 12.3 Å². The van der Waals surface area contributed by atoms with E-state index in [1.165, 1.54) is 0 Å². The van der Waals surface area contributed by atoms with Crippen molar-refractivity contribution in [2.75, 3.05) is 39.4 Å². The smallest absolute Gasteiger partial charge is 0.312 e. The fraction of sp³-hybridized carbons (Fsp3) is 0.667. The largest absolute Gasteiger partial charge is 0.481 e. The number of nitrogens with zero attached hydrogens (tertiary/aromatic N) is 3. The van der Waals surface area contributed by atoms with Gasteiger partial charge in [0.2, 0.25) is 0 Å². The van der Waals surface area contributed by atoms with Gasteiger partial charge in [-0.1, -0.05) is 6.07 Å². The number of carboxylic acids is 1. The Kier molecular flexibility index (Phi) is 4.28. The van der Waals surface area contributed by atoms with Crippen LogP contribution in [0.3, 0.4) is 0 Å². The lowest BCUT2D eigenvalue weighted by Gasteiger charge is -2.33. The Morgan fingerprint density at radius 2 is 2.17 bits per heavy atom. The van der Waals surface area contributed by atoms with Crippen molar-refractivity contribution in [2.45, 2.75) is 25.4 Å². The number of carbonyl (C=O) groups is 1. The Balaban J connectivity index is 1.46. The van der Waals surface area contributed by atoms with E-state index in [1.54, 1.807) is 6.20 Å². The molecular weight excluding hydrogens is 306 g/mol. The highest BCUT2D eigenvalue weighted by Gasteiger charge is 2.58. The summed E-state index contributed by atoms with van der Waals surface area (Å²) in [4.78, 5) is 21.0. The Bertz CT molecular complexity index is 590. The fourth-order valence-electron chi connectivity index (χ4n) is 4.71. The average molecular weight is 331 g/mol. The maximum absolute atomic E-state index is 12.1. The number of rotatable bonds is 4. The predicted molar refractivity (Wildman–Crippen MR) is 88.5 cm³/mol. The number of carboxylic acid groups (broad SMARTS) is 1. The van der Waals surface area contributed by atoms with E-state index < -0.39 is 11.4 Å². The van der Waals surface area contributed by atoms with Gasteiger partial charge in [-0.15, -0.1) is 0 Å². The Hall–Kier alpha value is -1.50. The molecule has 0 aliphatic carbocycles. The van der Waals surface area contributed by atoms with Crippen LogP contribution in [0, 0.1) is 11.3 Å². The number of hydrogen-bond acceptors (Lipinski definition) is 5. The van der Waals surface area contributed by atoms with Crippen molar-refractivity contribution in [1.82, 2.24) is 14.8 Å². The topological polar surface area (TPSA) is 65.9 Å². The molecule has 24 heavy (non-hydrogen) atoms. The first-order valence-electron chi connectivity index (χ1n) is 8.84. The number of aliphatic carboxylic acids is 1. The predicted octanol–water partition coefficient (Wildman–Crippen LogP) is 1.08. The van der Waals surface area contributed by atoms with E-state index in [0.717, 1.165) is 51.3 Å². The molecule has 0 spiro atoms. The zero-order valence-corrected chi connectivity index (χ0v) is 13.9. The second-order valence-corrected chi connectivity index (χ2v) is 7.46. The van der Waals surface area contributed by atoms with Crippen LogP contribution >= 0.6 is 0 Å². The van der Waals surface area contributed by atoms with Crippen LogP contribution in [-0.2, 0) is 16.1 Å². The molecule has 0 aromatic carbocycles. The Labute approximate surface area is 142 Å². The van der Waals surface area contributed by atoms with Crippen LogP contribution in [0.4, 0.5) is 0 Å². The maximum atomic E-state index is 12.1. The third kappa shape index (κ3) is 2.83. The van der Waals surface area contributed by atoms with Gasteiger partial charge in [-0.05, 0) is 24.5 Å². The van der Waals surface area contributed by atoms with E-state index in [2.05, 4.69) is 20.9 Å². The summed E-state index contributed by atoms with van der Waals surface area (Å²) in [5.74, 6) is -0.412. The van der Waals surface area contributed by atoms with E-state index in [0.29, 0.717) is 19.1 Å². The van der Waals surface area contributed by atoms with Crippen LogP contribution in [0.15, 0.2) is 24.5 Å². The van der Waals surface area contributed by atoms with Gasteiger partial charge in [0.15, 0.2) is 0 Å². The minimum absolute atomic E-state index is 0.217. The van der Waals surface area contributed by atoms with Crippen LogP contribution in [0.25, 0.3) is 0 Å². The second-order valence-electron chi connectivity index (χ2n) is 7.46. The quantitative estimate of drug-likeness (QED) is 0.891. The minimum atomic E-state index is -0.629. The second kappa shape index (κ2) is 6.43. The summed E-state index contributed by atoms with van der Waals surface area (Å²) in [7, 11) is 0. The number of likely N-dealkylation sites (tertiary alicyclic amines) is 2. The van der Waals surface area contributed by atoms with E-state index >= 15 is 0 Å². The van der Waals surface area contributed by atoms with Crippen molar-refractivity contribution in [3.8, 4) is 0 Å². The normalized spacial score (nSPS) is 32.1. The third-order valence-corrected chi connectivity index (χ3v) is 5.97. The summed E-state index contributed by atoms with van der Waals surface area (Å²) >= 11 is 0. The zero-order chi connectivity index (χ0) is 16.6. The Morgan fingerprint density at radius 3 is 2.83 bits per heavy atom. The standard InChI is InChI=1S/C18H25N3O3/c22-17(23)18-12-20(9-14-2-1-5-19-8-14)10-15(18)11-21(13-18)16-3-6-24-7-4-16/h1-2,5,8,15-16H,3-4,6-7,9-13H2,(H,22,23)/t15-,18-/m0/s1. The fourth-order valence-corrected chi connectivity index (χ4v) is 4.71. The molecule has 6 heteroatoms. The molecule has 0 unspecified atom stereocenters. The molecule has 3 aliphatic heterocycles. The van der Waals surface area contributed by atoms with Crippen LogP contribution in [0.2, 0.25) is 0 Å². The van der Waals surface area contributed by atoms with Crippen molar-refractivity contribution in [3.63, 3.8) is 0 Å². The van der Waals surface area contributed by atoms with Crippen LogP contribution < -0.4 is 0 Å². The first kappa shape index (κ1) is 16.0. The lowest BCUT2D eigenvalue weighted by molar-refractivity contribution is -0.149. The lowest BCUT2D eigenvalue weighted by Crippen LogP contribution is -2.44. The van der Waals surface area contributed by atoms with Gasteiger partial charge in [0, 0.05) is 70.3 Å². The summed E-state index contributed by atoms with van der Waals surface area (Å²) in [5, 5.41) is 9.98. The van der Waals surface area contributed by atoms with Gasteiger partial charge in [-0.3, -0.25) is 19.6 Å². The molecule has 2 atom stereocenters. The molecule has 1 aromatic heterocycles. The van der Waals surface area contributed by atoms with Gasteiger partial charge < -0.3 is 9.84 Å². The SMILES string of the molecule is O=C(O)[C@]12CN(Cc3cccnc3)C[C@H]1CN(C1CCOCC1)C2. The molecule has 1 N–H and O–H groups in total. The van der Waals surface area contributed by atoms with E-state index in [9.17, 15) is 9.90 Å². The van der Waals surface area contributed by atoms with Gasteiger partial charge in [0.1, 0.15) is 0 Å². The molecule has 3 fully saturated rings. The average Bonchev–Trinajstić information content (AvgIpc) is 3.11. The molecule has 0 amide bonds. The van der Waals surface area contributed by atoms with Crippen LogP contribution in [0.1, 0.15) is 18.4 Å². The van der Waals surface area contributed by atoms with Gasteiger partial charge >= 0.3 is 5.97 Å². The summed E-state index contributed by atoms with van der Waals surface area (Å²) in [6, 6.07) is 4.49. The molecule has 0 bridgehead atoms. The lowest BCUT2D eigenvalue weighted by atomic mass is 9.81. The van der Waals surface area contributed by atoms with Gasteiger partial charge in [0.05, 0.1) is 5.41 Å². The van der Waals surface area contributed by atoms with Crippen LogP contribution in [0.5, 0.6) is 0 Å². The molecule has 3 saturated heterocycles. The Morgan fingerprint density at radius 1 is 1.33 bits per heavy atom. The maximum Gasteiger partial charge on any atom is 0.312 e. The molecule has 130 valence electrons. The summed E-state index contributed by atoms with van der Waals surface area (Å²) in [6.45, 7) is 5.49. The van der Waals surface area contributed by atoms with Gasteiger partial charge in [-0.2, -0.15) is 0 Å². The number of hydrogen-bond donors (Lipinski definition) is 1. The monoisotopic (exact) mass is 331 g/mol. The number of aromatic nitrogens is 1. The van der Waals surface area contributed by atoms with Gasteiger partial charge in [0.25, 0.3) is 0 Å². The first-order chi connectivity index (χ1) is 11.7. The van der Waals surface area contributed by atoms with Crippen molar-refractivity contribution >= 4 is 5.97 Å². The third-order valence-electron chi connectivity index (χ3n) is 5.97. The molecule has 4 rings (SSSR count). The molecule has 0 saturated carbocycles. The van der Waals surface area contributed by atoms with E-state index in [4.69, 9.17) is 4.74 Å². The molecule has 3 aliphatic rings. The molecule has 1 aromatic rings. The van der Waals surface area contributed by atoms with E-state index in [-0.39, 0.29) is 5.92 Å². The summed E-state index contributed by atoms with van der Waals surface area (Å²) in [5.41, 5.74) is 0.542. The zero-order valence-electron chi connectivity index (χ0n) is 13.9. The number of pyridine rings is 1. The summed E-state index contributed by atoms with van der Waals surface area (Å²) in [6.07, 6.45) is 5.70.